The van der Waals surface area contributed by atoms with Crippen LogP contribution in [0.3, 0.4) is 0 Å². The minimum absolute atomic E-state index is 0.383. The molecule has 0 fully saturated rings. The lowest BCUT2D eigenvalue weighted by Gasteiger charge is -2.30. The molecule has 2 aromatic rings. The van der Waals surface area contributed by atoms with Crippen molar-refractivity contribution >= 4 is 23.0 Å². The molecule has 1 aliphatic rings. The molecular formula is C16H17N3S. The first-order chi connectivity index (χ1) is 9.65. The van der Waals surface area contributed by atoms with Crippen LogP contribution in [0.1, 0.15) is 28.3 Å². The van der Waals surface area contributed by atoms with Crippen molar-refractivity contribution in [2.24, 2.45) is 5.73 Å². The Hall–Kier alpha value is -1.94. The minimum atomic E-state index is 0.383. The van der Waals surface area contributed by atoms with Gasteiger partial charge < -0.3 is 11.1 Å². The number of benzene rings is 1. The SMILES string of the molecule is Cc1ccc(C(N)=S)c(NCC2Cc3ccccc32)n1. The van der Waals surface area contributed by atoms with E-state index in [9.17, 15) is 0 Å². The number of thiocarbonyl (C=S) groups is 1. The smallest absolute Gasteiger partial charge is 0.136 e. The Labute approximate surface area is 124 Å². The summed E-state index contributed by atoms with van der Waals surface area (Å²) in [5.41, 5.74) is 10.4. The molecule has 3 nitrogen and oxygen atoms in total. The summed E-state index contributed by atoms with van der Waals surface area (Å²) in [7, 11) is 0. The number of aromatic nitrogens is 1. The van der Waals surface area contributed by atoms with E-state index in [-0.39, 0.29) is 0 Å². The Kier molecular flexibility index (Phi) is 3.40. The van der Waals surface area contributed by atoms with Crippen LogP contribution >= 0.6 is 12.2 Å². The molecule has 0 saturated carbocycles. The topological polar surface area (TPSA) is 50.9 Å². The van der Waals surface area contributed by atoms with Crippen LogP contribution in [0.4, 0.5) is 5.82 Å². The van der Waals surface area contributed by atoms with Gasteiger partial charge in [0.15, 0.2) is 0 Å². The summed E-state index contributed by atoms with van der Waals surface area (Å²) < 4.78 is 0. The van der Waals surface area contributed by atoms with E-state index < -0.39 is 0 Å². The van der Waals surface area contributed by atoms with Gasteiger partial charge in [0, 0.05) is 18.2 Å². The number of hydrogen-bond acceptors (Lipinski definition) is 3. The molecule has 1 aromatic heterocycles. The second kappa shape index (κ2) is 5.21. The largest absolute Gasteiger partial charge is 0.389 e. The molecule has 0 amide bonds. The molecule has 1 heterocycles. The molecule has 102 valence electrons. The van der Waals surface area contributed by atoms with E-state index in [1.54, 1.807) is 0 Å². The van der Waals surface area contributed by atoms with Crippen molar-refractivity contribution < 1.29 is 0 Å². The van der Waals surface area contributed by atoms with E-state index >= 15 is 0 Å². The number of hydrogen-bond donors (Lipinski definition) is 2. The quantitative estimate of drug-likeness (QED) is 0.847. The fourth-order valence-corrected chi connectivity index (χ4v) is 2.82. The van der Waals surface area contributed by atoms with E-state index in [1.165, 1.54) is 11.1 Å². The summed E-state index contributed by atoms with van der Waals surface area (Å²) in [5.74, 6) is 1.34. The third kappa shape index (κ3) is 2.39. The second-order valence-corrected chi connectivity index (χ2v) is 5.63. The van der Waals surface area contributed by atoms with Gasteiger partial charge in [-0.3, -0.25) is 0 Å². The third-order valence-corrected chi connectivity index (χ3v) is 4.00. The van der Waals surface area contributed by atoms with Crippen LogP contribution in [0.2, 0.25) is 0 Å². The first kappa shape index (κ1) is 13.1. The predicted octanol–water partition coefficient (Wildman–Crippen LogP) is 2.78. The van der Waals surface area contributed by atoms with Gasteiger partial charge in [-0.2, -0.15) is 0 Å². The van der Waals surface area contributed by atoms with Crippen molar-refractivity contribution in [2.75, 3.05) is 11.9 Å². The molecule has 0 spiro atoms. The Balaban J connectivity index is 1.74. The number of pyridine rings is 1. The van der Waals surface area contributed by atoms with Crippen molar-refractivity contribution in [2.45, 2.75) is 19.3 Å². The van der Waals surface area contributed by atoms with Crippen LogP contribution in [0, 0.1) is 6.92 Å². The molecule has 1 atom stereocenters. The monoisotopic (exact) mass is 283 g/mol. The molecule has 3 N–H and O–H groups in total. The van der Waals surface area contributed by atoms with Gasteiger partial charge in [-0.25, -0.2) is 4.98 Å². The fraction of sp³-hybridized carbons (Fsp3) is 0.250. The van der Waals surface area contributed by atoms with E-state index in [4.69, 9.17) is 18.0 Å². The Morgan fingerprint density at radius 3 is 2.90 bits per heavy atom. The van der Waals surface area contributed by atoms with Crippen LogP contribution in [-0.2, 0) is 6.42 Å². The molecule has 0 bridgehead atoms. The van der Waals surface area contributed by atoms with Gasteiger partial charge in [-0.05, 0) is 36.6 Å². The first-order valence-electron chi connectivity index (χ1n) is 6.74. The molecular weight excluding hydrogens is 266 g/mol. The molecule has 3 rings (SSSR count). The van der Waals surface area contributed by atoms with E-state index in [2.05, 4.69) is 34.6 Å². The van der Waals surface area contributed by atoms with E-state index in [1.807, 2.05) is 19.1 Å². The minimum Gasteiger partial charge on any atom is -0.389 e. The highest BCUT2D eigenvalue weighted by atomic mass is 32.1. The summed E-state index contributed by atoms with van der Waals surface area (Å²) in [4.78, 5) is 4.89. The van der Waals surface area contributed by atoms with Gasteiger partial charge in [-0.15, -0.1) is 0 Å². The third-order valence-electron chi connectivity index (χ3n) is 3.78. The van der Waals surface area contributed by atoms with Gasteiger partial charge in [0.2, 0.25) is 0 Å². The normalized spacial score (nSPS) is 16.1. The number of nitrogens with one attached hydrogen (secondary N) is 1. The number of anilines is 1. The molecule has 0 saturated heterocycles. The Morgan fingerprint density at radius 2 is 2.15 bits per heavy atom. The Bertz CT molecular complexity index is 667. The zero-order valence-corrected chi connectivity index (χ0v) is 12.2. The predicted molar refractivity (Wildman–Crippen MR) is 86.2 cm³/mol. The molecule has 0 aliphatic heterocycles. The maximum absolute atomic E-state index is 5.75. The van der Waals surface area contributed by atoms with Crippen molar-refractivity contribution in [3.8, 4) is 0 Å². The zero-order chi connectivity index (χ0) is 14.1. The molecule has 1 aromatic carbocycles. The Morgan fingerprint density at radius 1 is 1.35 bits per heavy atom. The average molecular weight is 283 g/mol. The van der Waals surface area contributed by atoms with Crippen molar-refractivity contribution in [3.63, 3.8) is 0 Å². The molecule has 4 heteroatoms. The summed E-state index contributed by atoms with van der Waals surface area (Å²) in [6.07, 6.45) is 1.12. The zero-order valence-electron chi connectivity index (χ0n) is 11.4. The number of aryl methyl sites for hydroxylation is 1. The number of nitrogens with two attached hydrogens (primary N) is 1. The molecule has 0 radical (unpaired) electrons. The number of nitrogens with zero attached hydrogens (tertiary/aromatic N) is 1. The maximum atomic E-state index is 5.75. The summed E-state index contributed by atoms with van der Waals surface area (Å²) in [6.45, 7) is 2.83. The van der Waals surface area contributed by atoms with Crippen molar-refractivity contribution in [1.29, 1.82) is 0 Å². The average Bonchev–Trinajstić information content (AvgIpc) is 2.39. The van der Waals surface area contributed by atoms with Crippen LogP contribution in [0.5, 0.6) is 0 Å². The lowest BCUT2D eigenvalue weighted by atomic mass is 9.77. The first-order valence-corrected chi connectivity index (χ1v) is 7.15. The second-order valence-electron chi connectivity index (χ2n) is 5.19. The van der Waals surface area contributed by atoms with Crippen LogP contribution in [0.25, 0.3) is 0 Å². The maximum Gasteiger partial charge on any atom is 0.136 e. The van der Waals surface area contributed by atoms with Crippen molar-refractivity contribution in [1.82, 2.24) is 4.98 Å². The van der Waals surface area contributed by atoms with Crippen LogP contribution in [0.15, 0.2) is 36.4 Å². The summed E-state index contributed by atoms with van der Waals surface area (Å²) >= 11 is 5.08. The molecule has 1 aliphatic carbocycles. The molecule has 1 unspecified atom stereocenters. The van der Waals surface area contributed by atoms with Gasteiger partial charge in [0.05, 0.1) is 5.56 Å². The standard InChI is InChI=1S/C16H17N3S/c1-10-6-7-14(15(17)20)16(19-10)18-9-12-8-11-4-2-3-5-13(11)12/h2-7,12H,8-9H2,1H3,(H2,17,20)(H,18,19). The van der Waals surface area contributed by atoms with Crippen molar-refractivity contribution in [3.05, 3.63) is 58.8 Å². The van der Waals surface area contributed by atoms with Crippen LogP contribution < -0.4 is 11.1 Å². The van der Waals surface area contributed by atoms with Gasteiger partial charge in [0.25, 0.3) is 0 Å². The summed E-state index contributed by atoms with van der Waals surface area (Å²) in [5, 5.41) is 3.40. The number of rotatable bonds is 4. The van der Waals surface area contributed by atoms with Crippen LogP contribution in [-0.4, -0.2) is 16.5 Å². The lowest BCUT2D eigenvalue weighted by molar-refractivity contribution is 0.634. The highest BCUT2D eigenvalue weighted by Crippen LogP contribution is 2.34. The highest BCUT2D eigenvalue weighted by Gasteiger charge is 2.25. The summed E-state index contributed by atoms with van der Waals surface area (Å²) in [6, 6.07) is 12.4. The van der Waals surface area contributed by atoms with Gasteiger partial charge >= 0.3 is 0 Å². The fourth-order valence-electron chi connectivity index (χ4n) is 2.65. The molecule has 20 heavy (non-hydrogen) atoms. The number of fused-ring (bicyclic) bond motifs is 1. The highest BCUT2D eigenvalue weighted by molar-refractivity contribution is 7.80. The van der Waals surface area contributed by atoms with E-state index in [0.29, 0.717) is 10.9 Å². The van der Waals surface area contributed by atoms with Gasteiger partial charge in [-0.1, -0.05) is 36.5 Å². The lowest BCUT2D eigenvalue weighted by Crippen LogP contribution is -2.25. The van der Waals surface area contributed by atoms with E-state index in [0.717, 1.165) is 30.0 Å². The van der Waals surface area contributed by atoms with Gasteiger partial charge in [0.1, 0.15) is 10.8 Å².